The van der Waals surface area contributed by atoms with Crippen LogP contribution in [0.1, 0.15) is 0 Å². The van der Waals surface area contributed by atoms with Crippen molar-refractivity contribution in [1.29, 1.82) is 0 Å². The van der Waals surface area contributed by atoms with Crippen LogP contribution in [-0.2, 0) is 9.09 Å². The van der Waals surface area contributed by atoms with E-state index >= 15 is 0 Å². The van der Waals surface area contributed by atoms with Gasteiger partial charge in [-0.15, -0.1) is 0 Å². The van der Waals surface area contributed by atoms with Gasteiger partial charge in [-0.05, 0) is 12.1 Å². The highest BCUT2D eigenvalue weighted by Crippen LogP contribution is 2.43. The minimum atomic E-state index is -5.97. The first-order chi connectivity index (χ1) is 11.9. The third-order valence-electron chi connectivity index (χ3n) is 3.75. The van der Waals surface area contributed by atoms with E-state index in [1.54, 1.807) is 0 Å². The lowest BCUT2D eigenvalue weighted by Gasteiger charge is -2.52. The van der Waals surface area contributed by atoms with Gasteiger partial charge in [-0.1, -0.05) is 0 Å². The molecule has 0 radical (unpaired) electrons. The molecule has 1 fully saturated rings. The zero-order valence-corrected chi connectivity index (χ0v) is 13.6. The molecule has 1 aliphatic rings. The first-order valence-corrected chi connectivity index (χ1v) is 8.42. The standard InChI is InChI=1S/C12H16NO12P/c14-7-8(15)10(17)12(11(18)9(7)16,25-26(21,22)23)24-6-3-1-5(2-4-6)13(19)20/h1-4,7-11,14-18H,(H2,21,22,23)/p-2/t7?,8-,9+,10-,11-,12?/m0/s1. The average molecular weight is 395 g/mol. The summed E-state index contributed by atoms with van der Waals surface area (Å²) in [4.78, 5) is 32.0. The van der Waals surface area contributed by atoms with Crippen molar-refractivity contribution in [2.75, 3.05) is 0 Å². The van der Waals surface area contributed by atoms with Crippen molar-refractivity contribution in [2.24, 2.45) is 0 Å². The van der Waals surface area contributed by atoms with Gasteiger partial charge in [0.25, 0.3) is 11.5 Å². The summed E-state index contributed by atoms with van der Waals surface area (Å²) >= 11 is 0. The highest BCUT2D eigenvalue weighted by Gasteiger charge is 2.62. The Morgan fingerprint density at radius 1 is 0.962 bits per heavy atom. The molecular weight excluding hydrogens is 381 g/mol. The van der Waals surface area contributed by atoms with Crippen molar-refractivity contribution in [3.8, 4) is 5.75 Å². The number of ether oxygens (including phenoxy) is 1. The number of hydrogen-bond acceptors (Lipinski definition) is 12. The van der Waals surface area contributed by atoms with Crippen molar-refractivity contribution in [3.05, 3.63) is 34.4 Å². The molecule has 2 unspecified atom stereocenters. The van der Waals surface area contributed by atoms with E-state index in [0.29, 0.717) is 0 Å². The second kappa shape index (κ2) is 7.15. The maximum absolute atomic E-state index is 11.1. The monoisotopic (exact) mass is 395 g/mol. The minimum absolute atomic E-state index is 0.383. The highest BCUT2D eigenvalue weighted by atomic mass is 31.2. The van der Waals surface area contributed by atoms with Crippen LogP contribution in [0.3, 0.4) is 0 Å². The SMILES string of the molecule is O=[N+]([O-])c1ccc(OC2(OP(=O)([O-])[O-])[C@@H](O)[C@H](O)C(O)[C@H](O)[C@@H]2O)cc1. The molecule has 0 bridgehead atoms. The normalized spacial score (nSPS) is 35.1. The number of nitrogens with zero attached hydrogens (tertiary/aromatic N) is 1. The maximum Gasteiger partial charge on any atom is 0.271 e. The smallest absolute Gasteiger partial charge is 0.271 e. The molecule has 5 N–H and O–H groups in total. The van der Waals surface area contributed by atoms with E-state index in [2.05, 4.69) is 4.52 Å². The largest absolute Gasteiger partial charge is 0.790 e. The number of aliphatic hydroxyl groups is 5. The van der Waals surface area contributed by atoms with Crippen LogP contribution in [-0.4, -0.2) is 66.8 Å². The molecular formula is C12H14NO12P-2. The molecule has 0 aliphatic heterocycles. The summed E-state index contributed by atoms with van der Waals surface area (Å²) in [5.41, 5.74) is -0.383. The molecule has 146 valence electrons. The highest BCUT2D eigenvalue weighted by molar-refractivity contribution is 7.43. The Balaban J connectivity index is 2.47. The van der Waals surface area contributed by atoms with Crippen LogP contribution in [0.25, 0.3) is 0 Å². The van der Waals surface area contributed by atoms with E-state index in [1.807, 2.05) is 0 Å². The second-order valence-electron chi connectivity index (χ2n) is 5.47. The Hall–Kier alpha value is -1.67. The van der Waals surface area contributed by atoms with E-state index in [0.717, 1.165) is 24.3 Å². The molecule has 1 saturated carbocycles. The summed E-state index contributed by atoms with van der Waals surface area (Å²) < 4.78 is 20.2. The number of hydrogen-bond donors (Lipinski definition) is 5. The van der Waals surface area contributed by atoms with E-state index in [1.165, 1.54) is 0 Å². The summed E-state index contributed by atoms with van der Waals surface area (Å²) in [6.45, 7) is 0. The summed E-state index contributed by atoms with van der Waals surface area (Å²) in [5, 5.41) is 59.8. The Bertz CT molecular complexity index is 689. The molecule has 0 spiro atoms. The first-order valence-electron chi connectivity index (χ1n) is 6.95. The number of phosphoric acid groups is 1. The average Bonchev–Trinajstić information content (AvgIpc) is 2.56. The van der Waals surface area contributed by atoms with Gasteiger partial charge >= 0.3 is 0 Å². The van der Waals surface area contributed by atoms with Gasteiger partial charge in [0, 0.05) is 12.1 Å². The summed E-state index contributed by atoms with van der Waals surface area (Å²) in [5.74, 6) is -3.63. The third-order valence-corrected chi connectivity index (χ3v) is 4.26. The summed E-state index contributed by atoms with van der Waals surface area (Å²) in [6, 6.07) is 3.68. The molecule has 2 rings (SSSR count). The van der Waals surface area contributed by atoms with Crippen molar-refractivity contribution in [1.82, 2.24) is 0 Å². The molecule has 26 heavy (non-hydrogen) atoms. The maximum atomic E-state index is 11.1. The fourth-order valence-corrected chi connectivity index (χ4v) is 3.07. The van der Waals surface area contributed by atoms with Gasteiger partial charge in [0.1, 0.15) is 24.1 Å². The Morgan fingerprint density at radius 3 is 1.81 bits per heavy atom. The van der Waals surface area contributed by atoms with Crippen molar-refractivity contribution in [2.45, 2.75) is 36.3 Å². The number of benzene rings is 1. The minimum Gasteiger partial charge on any atom is -0.790 e. The van der Waals surface area contributed by atoms with E-state index in [9.17, 15) is 50.0 Å². The second-order valence-corrected chi connectivity index (χ2v) is 6.55. The van der Waals surface area contributed by atoms with Gasteiger partial charge in [0.2, 0.25) is 0 Å². The van der Waals surface area contributed by atoms with Crippen LogP contribution >= 0.6 is 7.82 Å². The van der Waals surface area contributed by atoms with Crippen LogP contribution in [0, 0.1) is 10.1 Å². The summed E-state index contributed by atoms with van der Waals surface area (Å²) in [6.07, 6.45) is -11.6. The van der Waals surface area contributed by atoms with E-state index in [-0.39, 0.29) is 5.69 Å². The van der Waals surface area contributed by atoms with Gasteiger partial charge < -0.3 is 49.1 Å². The lowest BCUT2D eigenvalue weighted by Crippen LogP contribution is -2.74. The summed E-state index contributed by atoms with van der Waals surface area (Å²) in [7, 11) is -5.97. The number of aliphatic hydroxyl groups excluding tert-OH is 5. The molecule has 0 aromatic heterocycles. The van der Waals surface area contributed by atoms with Crippen LogP contribution in [0.2, 0.25) is 0 Å². The van der Waals surface area contributed by atoms with Gasteiger partial charge in [-0.3, -0.25) is 10.1 Å². The lowest BCUT2D eigenvalue weighted by molar-refractivity contribution is -0.390. The van der Waals surface area contributed by atoms with Crippen molar-refractivity contribution < 1.29 is 54.1 Å². The number of phosphoric ester groups is 1. The van der Waals surface area contributed by atoms with Gasteiger partial charge in [-0.25, -0.2) is 0 Å². The number of nitro benzene ring substituents is 1. The first kappa shape index (κ1) is 20.6. The lowest BCUT2D eigenvalue weighted by atomic mass is 9.82. The third kappa shape index (κ3) is 3.86. The van der Waals surface area contributed by atoms with Crippen molar-refractivity contribution in [3.63, 3.8) is 0 Å². The number of rotatable bonds is 5. The van der Waals surface area contributed by atoms with Gasteiger partial charge in [-0.2, -0.15) is 0 Å². The fraction of sp³-hybridized carbons (Fsp3) is 0.500. The zero-order valence-electron chi connectivity index (χ0n) is 12.7. The van der Waals surface area contributed by atoms with E-state index in [4.69, 9.17) is 4.74 Å². The Labute approximate surface area is 145 Å². The fourth-order valence-electron chi connectivity index (χ4n) is 2.47. The van der Waals surface area contributed by atoms with Crippen molar-refractivity contribution >= 4 is 13.5 Å². The molecule has 1 aliphatic carbocycles. The number of non-ortho nitro benzene ring substituents is 1. The van der Waals surface area contributed by atoms with E-state index < -0.39 is 54.8 Å². The predicted molar refractivity (Wildman–Crippen MR) is 75.2 cm³/mol. The molecule has 0 amide bonds. The van der Waals surface area contributed by atoms with Crippen LogP contribution in [0.5, 0.6) is 5.75 Å². The molecule has 6 atom stereocenters. The molecule has 0 saturated heterocycles. The van der Waals surface area contributed by atoms with Gasteiger partial charge in [0.15, 0.2) is 12.2 Å². The van der Waals surface area contributed by atoms with Crippen LogP contribution in [0.15, 0.2) is 24.3 Å². The molecule has 13 nitrogen and oxygen atoms in total. The topological polar surface area (TPSA) is 226 Å². The molecule has 0 heterocycles. The molecule has 1 aromatic carbocycles. The quantitative estimate of drug-likeness (QED) is 0.141. The van der Waals surface area contributed by atoms with Crippen LogP contribution in [0.4, 0.5) is 5.69 Å². The zero-order chi connectivity index (χ0) is 19.9. The Kier molecular flexibility index (Phi) is 5.68. The Morgan fingerprint density at radius 2 is 1.42 bits per heavy atom. The van der Waals surface area contributed by atoms with Crippen LogP contribution < -0.4 is 14.5 Å². The predicted octanol–water partition coefficient (Wildman–Crippen LogP) is -3.67. The van der Waals surface area contributed by atoms with Gasteiger partial charge in [0.05, 0.1) is 12.7 Å². The number of nitro groups is 1. The molecule has 1 aromatic rings. The molecule has 14 heteroatoms.